The Balaban J connectivity index is 1.98. The molecule has 2 aromatic rings. The average molecular weight is 339 g/mol. The van der Waals surface area contributed by atoms with Crippen LogP contribution in [0.5, 0.6) is 0 Å². The van der Waals surface area contributed by atoms with Crippen molar-refractivity contribution in [3.05, 3.63) is 64.1 Å². The summed E-state index contributed by atoms with van der Waals surface area (Å²) in [5, 5.41) is 3.46. The van der Waals surface area contributed by atoms with Crippen molar-refractivity contribution < 1.29 is 0 Å². The third kappa shape index (κ3) is 4.55. The molecule has 0 unspecified atom stereocenters. The van der Waals surface area contributed by atoms with E-state index in [1.165, 1.54) is 11.1 Å². The van der Waals surface area contributed by atoms with Crippen LogP contribution < -0.4 is 5.32 Å². The fourth-order valence-electron chi connectivity index (χ4n) is 1.95. The van der Waals surface area contributed by atoms with Crippen molar-refractivity contribution in [1.29, 1.82) is 0 Å². The minimum atomic E-state index is 0.717. The highest BCUT2D eigenvalue weighted by Crippen LogP contribution is 2.18. The fraction of sp³-hybridized carbons (Fsp3) is 0.250. The number of aryl methyl sites for hydroxylation is 1. The van der Waals surface area contributed by atoms with E-state index in [1.54, 1.807) is 0 Å². The van der Waals surface area contributed by atoms with Crippen LogP contribution in [0.15, 0.2) is 53.0 Å². The van der Waals surface area contributed by atoms with Gasteiger partial charge < -0.3 is 5.32 Å². The standard InChI is InChI=1S/C16H17BrClN/c17-16-9-2-1-7-14(16)12-19-15-8-3-5-13(11-15)6-4-10-18/h1-3,5,7-9,11,19H,4,6,10,12H2. The van der Waals surface area contributed by atoms with Crippen molar-refractivity contribution in [1.82, 2.24) is 0 Å². The lowest BCUT2D eigenvalue weighted by Gasteiger charge is -2.09. The average Bonchev–Trinajstić information content (AvgIpc) is 2.45. The molecule has 19 heavy (non-hydrogen) atoms. The Morgan fingerprint density at radius 1 is 1.05 bits per heavy atom. The second-order valence-electron chi connectivity index (χ2n) is 4.44. The number of anilines is 1. The number of nitrogens with one attached hydrogen (secondary N) is 1. The van der Waals surface area contributed by atoms with Gasteiger partial charge in [0.25, 0.3) is 0 Å². The molecule has 0 aliphatic heterocycles. The van der Waals surface area contributed by atoms with Gasteiger partial charge in [-0.15, -0.1) is 11.6 Å². The zero-order chi connectivity index (χ0) is 13.5. The van der Waals surface area contributed by atoms with Gasteiger partial charge in [0, 0.05) is 22.6 Å². The Morgan fingerprint density at radius 2 is 1.89 bits per heavy atom. The minimum absolute atomic E-state index is 0.717. The summed E-state index contributed by atoms with van der Waals surface area (Å²) in [6.07, 6.45) is 2.06. The Bertz CT molecular complexity index is 528. The fourth-order valence-corrected chi connectivity index (χ4v) is 2.51. The van der Waals surface area contributed by atoms with Crippen LogP contribution in [0.1, 0.15) is 17.5 Å². The summed E-state index contributed by atoms with van der Waals surface area (Å²) >= 11 is 9.29. The van der Waals surface area contributed by atoms with Crippen LogP contribution in [-0.2, 0) is 13.0 Å². The highest BCUT2D eigenvalue weighted by Gasteiger charge is 1.99. The molecular weight excluding hydrogens is 322 g/mol. The molecule has 0 atom stereocenters. The maximum absolute atomic E-state index is 5.73. The molecule has 0 aliphatic rings. The van der Waals surface area contributed by atoms with E-state index in [2.05, 4.69) is 63.7 Å². The Hall–Kier alpha value is -0.990. The van der Waals surface area contributed by atoms with Crippen molar-refractivity contribution in [3.63, 3.8) is 0 Å². The summed E-state index contributed by atoms with van der Waals surface area (Å²) in [5.41, 5.74) is 3.74. The maximum atomic E-state index is 5.73. The molecule has 0 fully saturated rings. The molecule has 2 aromatic carbocycles. The van der Waals surface area contributed by atoms with E-state index >= 15 is 0 Å². The lowest BCUT2D eigenvalue weighted by molar-refractivity contribution is 0.928. The number of benzene rings is 2. The van der Waals surface area contributed by atoms with Crippen molar-refractivity contribution in [2.45, 2.75) is 19.4 Å². The molecule has 0 saturated carbocycles. The molecule has 0 spiro atoms. The number of hydrogen-bond donors (Lipinski definition) is 1. The van der Waals surface area contributed by atoms with Gasteiger partial charge in [-0.05, 0) is 42.2 Å². The molecule has 0 amide bonds. The molecule has 0 heterocycles. The molecule has 0 bridgehead atoms. The largest absolute Gasteiger partial charge is 0.381 e. The SMILES string of the molecule is ClCCCc1cccc(NCc2ccccc2Br)c1. The quantitative estimate of drug-likeness (QED) is 0.711. The minimum Gasteiger partial charge on any atom is -0.381 e. The van der Waals surface area contributed by atoms with Crippen molar-refractivity contribution in [2.75, 3.05) is 11.2 Å². The molecule has 1 N–H and O–H groups in total. The van der Waals surface area contributed by atoms with E-state index in [0.29, 0.717) is 5.88 Å². The molecule has 0 aliphatic carbocycles. The zero-order valence-electron chi connectivity index (χ0n) is 10.7. The third-order valence-corrected chi connectivity index (χ3v) is 4.01. The van der Waals surface area contributed by atoms with Crippen LogP contribution in [-0.4, -0.2) is 5.88 Å². The number of alkyl halides is 1. The normalized spacial score (nSPS) is 10.4. The number of rotatable bonds is 6. The van der Waals surface area contributed by atoms with Gasteiger partial charge in [0.1, 0.15) is 0 Å². The van der Waals surface area contributed by atoms with Crippen LogP contribution in [0, 0.1) is 0 Å². The maximum Gasteiger partial charge on any atom is 0.0411 e. The number of hydrogen-bond acceptors (Lipinski definition) is 1. The molecule has 2 rings (SSSR count). The lowest BCUT2D eigenvalue weighted by Crippen LogP contribution is -2.00. The van der Waals surface area contributed by atoms with Crippen LogP contribution in [0.25, 0.3) is 0 Å². The Labute approximate surface area is 128 Å². The summed E-state index contributed by atoms with van der Waals surface area (Å²) in [6, 6.07) is 16.8. The van der Waals surface area contributed by atoms with Gasteiger partial charge in [-0.3, -0.25) is 0 Å². The topological polar surface area (TPSA) is 12.0 Å². The molecule has 1 nitrogen and oxygen atoms in total. The van der Waals surface area contributed by atoms with Gasteiger partial charge in [0.05, 0.1) is 0 Å². The van der Waals surface area contributed by atoms with E-state index < -0.39 is 0 Å². The molecular formula is C16H17BrClN. The summed E-state index contributed by atoms with van der Waals surface area (Å²) in [4.78, 5) is 0. The molecule has 3 heteroatoms. The molecule has 0 radical (unpaired) electrons. The van der Waals surface area contributed by atoms with Gasteiger partial charge in [-0.25, -0.2) is 0 Å². The van der Waals surface area contributed by atoms with E-state index in [-0.39, 0.29) is 0 Å². The highest BCUT2D eigenvalue weighted by molar-refractivity contribution is 9.10. The van der Waals surface area contributed by atoms with Crippen molar-refractivity contribution >= 4 is 33.2 Å². The van der Waals surface area contributed by atoms with Crippen LogP contribution in [0.4, 0.5) is 5.69 Å². The van der Waals surface area contributed by atoms with Crippen LogP contribution >= 0.6 is 27.5 Å². The molecule has 100 valence electrons. The van der Waals surface area contributed by atoms with Crippen molar-refractivity contribution in [2.24, 2.45) is 0 Å². The van der Waals surface area contributed by atoms with E-state index in [1.807, 2.05) is 6.07 Å². The van der Waals surface area contributed by atoms with Gasteiger partial charge in [-0.1, -0.05) is 46.3 Å². The van der Waals surface area contributed by atoms with E-state index in [4.69, 9.17) is 11.6 Å². The van der Waals surface area contributed by atoms with E-state index in [9.17, 15) is 0 Å². The zero-order valence-corrected chi connectivity index (χ0v) is 13.0. The first kappa shape index (κ1) is 14.4. The van der Waals surface area contributed by atoms with Crippen molar-refractivity contribution in [3.8, 4) is 0 Å². The predicted molar refractivity (Wildman–Crippen MR) is 87.0 cm³/mol. The summed E-state index contributed by atoms with van der Waals surface area (Å²) in [5.74, 6) is 0.717. The van der Waals surface area contributed by atoms with Gasteiger partial charge in [0.2, 0.25) is 0 Å². The smallest absolute Gasteiger partial charge is 0.0411 e. The van der Waals surface area contributed by atoms with Crippen LogP contribution in [0.3, 0.4) is 0 Å². The summed E-state index contributed by atoms with van der Waals surface area (Å²) in [7, 11) is 0. The van der Waals surface area contributed by atoms with Crippen LogP contribution in [0.2, 0.25) is 0 Å². The Morgan fingerprint density at radius 3 is 2.68 bits per heavy atom. The van der Waals surface area contributed by atoms with Gasteiger partial charge >= 0.3 is 0 Å². The Kier molecular flexibility index (Phi) is 5.74. The third-order valence-electron chi connectivity index (χ3n) is 2.97. The number of halogens is 2. The summed E-state index contributed by atoms with van der Waals surface area (Å²) in [6.45, 7) is 0.820. The highest BCUT2D eigenvalue weighted by atomic mass is 79.9. The first-order valence-corrected chi connectivity index (χ1v) is 7.74. The summed E-state index contributed by atoms with van der Waals surface area (Å²) < 4.78 is 1.14. The predicted octanol–water partition coefficient (Wildman–Crippen LogP) is 5.23. The first-order valence-electron chi connectivity index (χ1n) is 6.42. The second-order valence-corrected chi connectivity index (χ2v) is 5.67. The lowest BCUT2D eigenvalue weighted by atomic mass is 10.1. The molecule has 0 saturated heterocycles. The van der Waals surface area contributed by atoms with Gasteiger partial charge in [0.15, 0.2) is 0 Å². The first-order chi connectivity index (χ1) is 9.29. The monoisotopic (exact) mass is 337 g/mol. The second kappa shape index (κ2) is 7.56. The van der Waals surface area contributed by atoms with Gasteiger partial charge in [-0.2, -0.15) is 0 Å². The van der Waals surface area contributed by atoms with E-state index in [0.717, 1.165) is 29.5 Å². The molecule has 0 aromatic heterocycles.